The van der Waals surface area contributed by atoms with E-state index in [1.54, 1.807) is 0 Å². The Morgan fingerprint density at radius 2 is 2.11 bits per heavy atom. The minimum absolute atomic E-state index is 0.0167. The number of H-pyrrole nitrogens is 1. The van der Waals surface area contributed by atoms with Crippen LogP contribution in [0.3, 0.4) is 0 Å². The highest BCUT2D eigenvalue weighted by atomic mass is 16.1. The number of aromatic amines is 1. The summed E-state index contributed by atoms with van der Waals surface area (Å²) in [5, 5.41) is 4.10. The van der Waals surface area contributed by atoms with Crippen molar-refractivity contribution in [3.8, 4) is 0 Å². The van der Waals surface area contributed by atoms with Crippen molar-refractivity contribution < 1.29 is 4.79 Å². The molecule has 0 fully saturated rings. The van der Waals surface area contributed by atoms with Crippen LogP contribution < -0.4 is 5.32 Å². The largest absolute Gasteiger partial charge is 0.361 e. The second-order valence-electron chi connectivity index (χ2n) is 4.60. The Morgan fingerprint density at radius 3 is 2.94 bits per heavy atom. The van der Waals surface area contributed by atoms with Gasteiger partial charge in [0.2, 0.25) is 0 Å². The highest BCUT2D eigenvalue weighted by molar-refractivity contribution is 5.97. The van der Waals surface area contributed by atoms with E-state index >= 15 is 0 Å². The third kappa shape index (κ3) is 3.13. The minimum Gasteiger partial charge on any atom is -0.361 e. The third-order valence-electron chi connectivity index (χ3n) is 3.13. The average molecular weight is 244 g/mol. The van der Waals surface area contributed by atoms with Gasteiger partial charge in [-0.05, 0) is 30.0 Å². The number of nitrogens with one attached hydrogen (secondary N) is 2. The summed E-state index contributed by atoms with van der Waals surface area (Å²) in [6, 6.07) is 7.74. The summed E-state index contributed by atoms with van der Waals surface area (Å²) in [6.45, 7) is 2.95. The summed E-state index contributed by atoms with van der Waals surface area (Å²) in [5.41, 5.74) is 1.73. The molecule has 2 rings (SSSR count). The van der Waals surface area contributed by atoms with Crippen LogP contribution in [0.2, 0.25) is 0 Å². The normalized spacial score (nSPS) is 10.7. The molecule has 0 spiro atoms. The Labute approximate surface area is 108 Å². The molecule has 96 valence electrons. The first-order valence-electron chi connectivity index (χ1n) is 6.66. The van der Waals surface area contributed by atoms with Gasteiger partial charge in [-0.3, -0.25) is 4.79 Å². The smallest absolute Gasteiger partial charge is 0.251 e. The first kappa shape index (κ1) is 12.7. The highest BCUT2D eigenvalue weighted by Gasteiger charge is 2.05. The number of rotatable bonds is 6. The molecule has 0 aliphatic carbocycles. The van der Waals surface area contributed by atoms with Crippen molar-refractivity contribution in [3.05, 3.63) is 36.0 Å². The van der Waals surface area contributed by atoms with Crippen LogP contribution in [0.1, 0.15) is 43.0 Å². The predicted molar refractivity (Wildman–Crippen MR) is 74.8 cm³/mol. The Balaban J connectivity index is 1.88. The van der Waals surface area contributed by atoms with Crippen LogP contribution in [0.25, 0.3) is 10.9 Å². The lowest BCUT2D eigenvalue weighted by Gasteiger charge is -2.05. The molecule has 0 saturated heterocycles. The fourth-order valence-electron chi connectivity index (χ4n) is 2.04. The van der Waals surface area contributed by atoms with Crippen LogP contribution in [-0.2, 0) is 0 Å². The fraction of sp³-hybridized carbons (Fsp3) is 0.400. The molecule has 1 aromatic heterocycles. The Hall–Kier alpha value is -1.77. The number of benzene rings is 1. The molecule has 0 radical (unpaired) electrons. The number of fused-ring (bicyclic) bond motifs is 1. The quantitative estimate of drug-likeness (QED) is 0.751. The number of carbonyl (C=O) groups excluding carboxylic acids is 1. The van der Waals surface area contributed by atoms with E-state index in [9.17, 15) is 4.79 Å². The zero-order chi connectivity index (χ0) is 12.8. The molecular weight excluding hydrogens is 224 g/mol. The van der Waals surface area contributed by atoms with E-state index in [4.69, 9.17) is 0 Å². The van der Waals surface area contributed by atoms with Crippen LogP contribution >= 0.6 is 0 Å². The lowest BCUT2D eigenvalue weighted by molar-refractivity contribution is 0.0953. The second-order valence-corrected chi connectivity index (χ2v) is 4.60. The van der Waals surface area contributed by atoms with Gasteiger partial charge in [-0.1, -0.05) is 32.3 Å². The number of carbonyl (C=O) groups is 1. The number of hydrogen-bond acceptors (Lipinski definition) is 1. The SMILES string of the molecule is CCCCCCNC(=O)c1ccc2cc[nH]c2c1. The lowest BCUT2D eigenvalue weighted by atomic mass is 10.1. The summed E-state index contributed by atoms with van der Waals surface area (Å²) in [4.78, 5) is 15.0. The van der Waals surface area contributed by atoms with E-state index in [-0.39, 0.29) is 5.91 Å². The summed E-state index contributed by atoms with van der Waals surface area (Å²) >= 11 is 0. The maximum absolute atomic E-state index is 11.9. The van der Waals surface area contributed by atoms with Crippen molar-refractivity contribution in [3.63, 3.8) is 0 Å². The van der Waals surface area contributed by atoms with Gasteiger partial charge < -0.3 is 10.3 Å². The van der Waals surface area contributed by atoms with Crippen LogP contribution in [0, 0.1) is 0 Å². The van der Waals surface area contributed by atoms with Crippen molar-refractivity contribution in [1.29, 1.82) is 0 Å². The Bertz CT molecular complexity index is 516. The van der Waals surface area contributed by atoms with Crippen molar-refractivity contribution in [2.75, 3.05) is 6.54 Å². The highest BCUT2D eigenvalue weighted by Crippen LogP contribution is 2.14. The van der Waals surface area contributed by atoms with Crippen molar-refractivity contribution in [1.82, 2.24) is 10.3 Å². The number of hydrogen-bond donors (Lipinski definition) is 2. The molecule has 0 saturated carbocycles. The van der Waals surface area contributed by atoms with Gasteiger partial charge in [0.1, 0.15) is 0 Å². The molecule has 3 nitrogen and oxygen atoms in total. The average Bonchev–Trinajstić information content (AvgIpc) is 2.85. The van der Waals surface area contributed by atoms with E-state index in [0.29, 0.717) is 0 Å². The van der Waals surface area contributed by atoms with Crippen LogP contribution in [0.5, 0.6) is 0 Å². The predicted octanol–water partition coefficient (Wildman–Crippen LogP) is 3.48. The zero-order valence-electron chi connectivity index (χ0n) is 10.8. The van der Waals surface area contributed by atoms with Crippen molar-refractivity contribution in [2.45, 2.75) is 32.6 Å². The molecule has 1 aromatic carbocycles. The van der Waals surface area contributed by atoms with Crippen LogP contribution in [0.4, 0.5) is 0 Å². The van der Waals surface area contributed by atoms with E-state index in [2.05, 4.69) is 17.2 Å². The molecule has 3 heteroatoms. The molecule has 1 amide bonds. The van der Waals surface area contributed by atoms with E-state index in [0.717, 1.165) is 29.4 Å². The first-order chi connectivity index (χ1) is 8.81. The monoisotopic (exact) mass is 244 g/mol. The lowest BCUT2D eigenvalue weighted by Crippen LogP contribution is -2.24. The van der Waals surface area contributed by atoms with E-state index in [1.807, 2.05) is 30.5 Å². The first-order valence-corrected chi connectivity index (χ1v) is 6.66. The molecule has 1 heterocycles. The van der Waals surface area contributed by atoms with Crippen LogP contribution in [0.15, 0.2) is 30.5 Å². The van der Waals surface area contributed by atoms with Crippen LogP contribution in [-0.4, -0.2) is 17.4 Å². The van der Waals surface area contributed by atoms with Gasteiger partial charge in [0.25, 0.3) is 5.91 Å². The molecule has 0 atom stereocenters. The van der Waals surface area contributed by atoms with Crippen molar-refractivity contribution >= 4 is 16.8 Å². The van der Waals surface area contributed by atoms with Gasteiger partial charge in [-0.2, -0.15) is 0 Å². The summed E-state index contributed by atoms with van der Waals surface area (Å²) < 4.78 is 0. The standard InChI is InChI=1S/C15H20N2O/c1-2-3-4-5-9-17-15(18)13-7-6-12-8-10-16-14(12)11-13/h6-8,10-11,16H,2-5,9H2,1H3,(H,17,18). The zero-order valence-corrected chi connectivity index (χ0v) is 10.8. The molecule has 2 N–H and O–H groups in total. The van der Waals surface area contributed by atoms with Gasteiger partial charge in [0.05, 0.1) is 0 Å². The summed E-state index contributed by atoms with van der Waals surface area (Å²) in [7, 11) is 0. The minimum atomic E-state index is 0.0167. The molecule has 0 unspecified atom stereocenters. The van der Waals surface area contributed by atoms with E-state index in [1.165, 1.54) is 19.3 Å². The molecule has 0 aliphatic rings. The van der Waals surface area contributed by atoms with Crippen molar-refractivity contribution in [2.24, 2.45) is 0 Å². The Morgan fingerprint density at radius 1 is 1.22 bits per heavy atom. The molecule has 0 aliphatic heterocycles. The second kappa shape index (κ2) is 6.24. The van der Waals surface area contributed by atoms with E-state index < -0.39 is 0 Å². The topological polar surface area (TPSA) is 44.9 Å². The molecule has 18 heavy (non-hydrogen) atoms. The maximum atomic E-state index is 11.9. The van der Waals surface area contributed by atoms with Gasteiger partial charge in [0.15, 0.2) is 0 Å². The fourth-order valence-corrected chi connectivity index (χ4v) is 2.04. The third-order valence-corrected chi connectivity index (χ3v) is 3.13. The molecule has 0 bridgehead atoms. The summed E-state index contributed by atoms with van der Waals surface area (Å²) in [5.74, 6) is 0.0167. The maximum Gasteiger partial charge on any atom is 0.251 e. The number of aromatic nitrogens is 1. The molecule has 2 aromatic rings. The summed E-state index contributed by atoms with van der Waals surface area (Å²) in [6.07, 6.45) is 6.59. The number of unbranched alkanes of at least 4 members (excludes halogenated alkanes) is 3. The van der Waals surface area contributed by atoms with Gasteiger partial charge in [-0.15, -0.1) is 0 Å². The number of amides is 1. The van der Waals surface area contributed by atoms with Gasteiger partial charge >= 0.3 is 0 Å². The Kier molecular flexibility index (Phi) is 4.40. The van der Waals surface area contributed by atoms with Gasteiger partial charge in [-0.25, -0.2) is 0 Å². The van der Waals surface area contributed by atoms with Gasteiger partial charge in [0, 0.05) is 23.8 Å². The molecular formula is C15H20N2O.